The Bertz CT molecular complexity index is 728. The molecule has 27 heavy (non-hydrogen) atoms. The predicted molar refractivity (Wildman–Crippen MR) is 105 cm³/mol. The molecule has 1 amide bonds. The van der Waals surface area contributed by atoms with Gasteiger partial charge >= 0.3 is 0 Å². The highest BCUT2D eigenvalue weighted by Crippen LogP contribution is 2.35. The van der Waals surface area contributed by atoms with E-state index in [1.165, 1.54) is 70.8 Å². The van der Waals surface area contributed by atoms with Crippen LogP contribution in [0.25, 0.3) is 5.69 Å². The number of amides is 1. The van der Waals surface area contributed by atoms with Gasteiger partial charge in [0.1, 0.15) is 12.7 Å². The quantitative estimate of drug-likeness (QED) is 0.882. The van der Waals surface area contributed by atoms with Gasteiger partial charge in [0, 0.05) is 17.6 Å². The number of carbonyl (C=O) groups excluding carboxylic acids is 1. The first kappa shape index (κ1) is 18.2. The number of rotatable bonds is 5. The van der Waals surface area contributed by atoms with Crippen molar-refractivity contribution in [2.45, 2.75) is 56.9 Å². The van der Waals surface area contributed by atoms with Gasteiger partial charge in [0.05, 0.1) is 5.69 Å². The number of hydrogen-bond donors (Lipinski definition) is 1. The third kappa shape index (κ3) is 4.05. The van der Waals surface area contributed by atoms with E-state index >= 15 is 0 Å². The minimum Gasteiger partial charge on any atom is -0.350 e. The molecule has 6 heteroatoms. The van der Waals surface area contributed by atoms with Crippen LogP contribution in [0.1, 0.15) is 61.7 Å². The van der Waals surface area contributed by atoms with Crippen LogP contribution in [0.5, 0.6) is 0 Å². The SMILES string of the molecule is O=C(NCC1(N2CCCCC2)CCCCC1)c1ccc(-n2cncn2)cc1. The zero-order chi connectivity index (χ0) is 18.5. The Morgan fingerprint density at radius 2 is 1.70 bits per heavy atom. The Labute approximate surface area is 161 Å². The predicted octanol–water partition coefficient (Wildman–Crippen LogP) is 3.19. The van der Waals surface area contributed by atoms with Gasteiger partial charge in [-0.1, -0.05) is 25.7 Å². The average Bonchev–Trinajstić information content (AvgIpc) is 3.28. The second-order valence-corrected chi connectivity index (χ2v) is 7.90. The summed E-state index contributed by atoms with van der Waals surface area (Å²) < 4.78 is 1.69. The molecule has 1 aromatic carbocycles. The van der Waals surface area contributed by atoms with Crippen LogP contribution in [0.15, 0.2) is 36.9 Å². The van der Waals surface area contributed by atoms with Crippen LogP contribution < -0.4 is 5.32 Å². The van der Waals surface area contributed by atoms with Gasteiger partial charge in [-0.3, -0.25) is 9.69 Å². The average molecular weight is 367 g/mol. The van der Waals surface area contributed by atoms with E-state index in [-0.39, 0.29) is 11.4 Å². The van der Waals surface area contributed by atoms with Crippen molar-refractivity contribution in [3.8, 4) is 5.69 Å². The molecule has 1 aliphatic carbocycles. The van der Waals surface area contributed by atoms with Crippen LogP contribution in [0.3, 0.4) is 0 Å². The molecule has 0 spiro atoms. The van der Waals surface area contributed by atoms with Gasteiger partial charge in [-0.2, -0.15) is 5.10 Å². The number of nitrogens with one attached hydrogen (secondary N) is 1. The summed E-state index contributed by atoms with van der Waals surface area (Å²) in [5, 5.41) is 7.36. The molecule has 0 unspecified atom stereocenters. The summed E-state index contributed by atoms with van der Waals surface area (Å²) >= 11 is 0. The van der Waals surface area contributed by atoms with Gasteiger partial charge in [0.15, 0.2) is 0 Å². The molecule has 0 atom stereocenters. The van der Waals surface area contributed by atoms with Crippen molar-refractivity contribution < 1.29 is 4.79 Å². The topological polar surface area (TPSA) is 63.1 Å². The molecular weight excluding hydrogens is 338 g/mol. The minimum atomic E-state index is 0.0158. The molecular formula is C21H29N5O. The van der Waals surface area contributed by atoms with Crippen molar-refractivity contribution >= 4 is 5.91 Å². The third-order valence-electron chi connectivity index (χ3n) is 6.20. The monoisotopic (exact) mass is 367 g/mol. The maximum absolute atomic E-state index is 12.7. The number of hydrogen-bond acceptors (Lipinski definition) is 4. The Kier molecular flexibility index (Phi) is 5.53. The Morgan fingerprint density at radius 1 is 1.00 bits per heavy atom. The lowest BCUT2D eigenvalue weighted by atomic mass is 9.79. The summed E-state index contributed by atoms with van der Waals surface area (Å²) in [5.41, 5.74) is 1.76. The summed E-state index contributed by atoms with van der Waals surface area (Å²) in [6.07, 6.45) is 13.4. The normalized spacial score (nSPS) is 20.3. The van der Waals surface area contributed by atoms with Crippen molar-refractivity contribution in [2.75, 3.05) is 19.6 Å². The molecule has 2 heterocycles. The fourth-order valence-electron chi connectivity index (χ4n) is 4.64. The largest absolute Gasteiger partial charge is 0.350 e. The molecule has 1 saturated heterocycles. The molecule has 144 valence electrons. The first-order valence-electron chi connectivity index (χ1n) is 10.3. The van der Waals surface area contributed by atoms with Crippen molar-refractivity contribution in [3.05, 3.63) is 42.5 Å². The third-order valence-corrected chi connectivity index (χ3v) is 6.20. The highest BCUT2D eigenvalue weighted by atomic mass is 16.1. The molecule has 0 radical (unpaired) electrons. The molecule has 1 N–H and O–H groups in total. The Balaban J connectivity index is 1.41. The lowest BCUT2D eigenvalue weighted by Gasteiger charge is -2.48. The second-order valence-electron chi connectivity index (χ2n) is 7.90. The zero-order valence-corrected chi connectivity index (χ0v) is 15.9. The van der Waals surface area contributed by atoms with E-state index in [1.807, 2.05) is 24.3 Å². The lowest BCUT2D eigenvalue weighted by molar-refractivity contribution is 0.0326. The summed E-state index contributed by atoms with van der Waals surface area (Å²) in [6, 6.07) is 7.54. The standard InChI is InChI=1S/C21H29N5O/c27-20(18-7-9-19(10-8-18)26-17-22-16-24-26)23-15-21(11-3-1-4-12-21)25-13-5-2-6-14-25/h7-10,16-17H,1-6,11-15H2,(H,23,27). The summed E-state index contributed by atoms with van der Waals surface area (Å²) in [7, 11) is 0. The van der Waals surface area contributed by atoms with Crippen molar-refractivity contribution in [1.29, 1.82) is 0 Å². The fourth-order valence-corrected chi connectivity index (χ4v) is 4.64. The Hall–Kier alpha value is -2.21. The molecule has 4 rings (SSSR count). The zero-order valence-electron chi connectivity index (χ0n) is 15.9. The number of likely N-dealkylation sites (tertiary alicyclic amines) is 1. The highest BCUT2D eigenvalue weighted by molar-refractivity contribution is 5.94. The van der Waals surface area contributed by atoms with Crippen molar-refractivity contribution in [2.24, 2.45) is 0 Å². The van der Waals surface area contributed by atoms with E-state index in [0.29, 0.717) is 5.56 Å². The van der Waals surface area contributed by atoms with Crippen LogP contribution in [-0.4, -0.2) is 50.7 Å². The fraction of sp³-hybridized carbons (Fsp3) is 0.571. The van der Waals surface area contributed by atoms with Gasteiger partial charge in [-0.05, 0) is 63.0 Å². The van der Waals surface area contributed by atoms with E-state index < -0.39 is 0 Å². The number of carbonyl (C=O) groups is 1. The lowest BCUT2D eigenvalue weighted by Crippen LogP contribution is -2.58. The maximum atomic E-state index is 12.7. The van der Waals surface area contributed by atoms with E-state index in [0.717, 1.165) is 12.2 Å². The van der Waals surface area contributed by atoms with Gasteiger partial charge < -0.3 is 5.32 Å². The first-order chi connectivity index (χ1) is 13.3. The highest BCUT2D eigenvalue weighted by Gasteiger charge is 2.38. The molecule has 2 fully saturated rings. The number of benzene rings is 1. The van der Waals surface area contributed by atoms with E-state index in [2.05, 4.69) is 20.3 Å². The van der Waals surface area contributed by atoms with Crippen LogP contribution in [0.2, 0.25) is 0 Å². The maximum Gasteiger partial charge on any atom is 0.251 e. The molecule has 1 aromatic heterocycles. The van der Waals surface area contributed by atoms with Crippen molar-refractivity contribution in [1.82, 2.24) is 25.0 Å². The molecule has 1 aliphatic heterocycles. The van der Waals surface area contributed by atoms with Crippen LogP contribution in [-0.2, 0) is 0 Å². The molecule has 6 nitrogen and oxygen atoms in total. The Morgan fingerprint density at radius 3 is 2.37 bits per heavy atom. The minimum absolute atomic E-state index is 0.0158. The van der Waals surface area contributed by atoms with Gasteiger partial charge in [0.2, 0.25) is 0 Å². The van der Waals surface area contributed by atoms with Crippen molar-refractivity contribution in [3.63, 3.8) is 0 Å². The van der Waals surface area contributed by atoms with Crippen LogP contribution in [0.4, 0.5) is 0 Å². The van der Waals surface area contributed by atoms with E-state index in [9.17, 15) is 4.79 Å². The summed E-state index contributed by atoms with van der Waals surface area (Å²) in [6.45, 7) is 3.13. The van der Waals surface area contributed by atoms with E-state index in [1.54, 1.807) is 11.0 Å². The number of nitrogens with zero attached hydrogens (tertiary/aromatic N) is 4. The molecule has 0 bridgehead atoms. The number of piperidine rings is 1. The molecule has 2 aromatic rings. The molecule has 2 aliphatic rings. The first-order valence-corrected chi connectivity index (χ1v) is 10.3. The molecule has 1 saturated carbocycles. The van der Waals surface area contributed by atoms with Crippen LogP contribution in [0, 0.1) is 0 Å². The van der Waals surface area contributed by atoms with Crippen LogP contribution >= 0.6 is 0 Å². The smallest absolute Gasteiger partial charge is 0.251 e. The van der Waals surface area contributed by atoms with Gasteiger partial charge in [-0.15, -0.1) is 0 Å². The summed E-state index contributed by atoms with van der Waals surface area (Å²) in [5.74, 6) is 0.0158. The van der Waals surface area contributed by atoms with E-state index in [4.69, 9.17) is 0 Å². The van der Waals surface area contributed by atoms with Gasteiger partial charge in [0.25, 0.3) is 5.91 Å². The number of aromatic nitrogens is 3. The second kappa shape index (κ2) is 8.21. The summed E-state index contributed by atoms with van der Waals surface area (Å²) in [4.78, 5) is 19.4. The van der Waals surface area contributed by atoms with Gasteiger partial charge in [-0.25, -0.2) is 9.67 Å².